The van der Waals surface area contributed by atoms with Gasteiger partial charge in [-0.25, -0.2) is 4.39 Å². The zero-order valence-corrected chi connectivity index (χ0v) is 14.4. The van der Waals surface area contributed by atoms with Crippen molar-refractivity contribution in [3.05, 3.63) is 65.0 Å². The average molecular weight is 355 g/mol. The number of carbonyl (C=O) groups is 1. The van der Waals surface area contributed by atoms with E-state index in [0.717, 1.165) is 47.5 Å². The summed E-state index contributed by atoms with van der Waals surface area (Å²) in [5, 5.41) is 8.65. The highest BCUT2D eigenvalue weighted by molar-refractivity contribution is 7.13. The molecule has 1 aromatic carbocycles. The van der Waals surface area contributed by atoms with Crippen molar-refractivity contribution in [1.82, 2.24) is 15.1 Å². The lowest BCUT2D eigenvalue weighted by Crippen LogP contribution is -2.37. The summed E-state index contributed by atoms with van der Waals surface area (Å²) in [6.07, 6.45) is 5.41. The standard InChI is InChI=1S/C19H18FN3OS/c20-17-3-1-13(2-4-17)14-5-7-23(8-6-14)19(24)15-9-18(25-12-15)16-10-21-22-11-16/h1-4,9-12,14H,5-8H2,(H,21,22). The maximum absolute atomic E-state index is 13.1. The van der Waals surface area contributed by atoms with E-state index in [1.165, 1.54) is 12.1 Å². The summed E-state index contributed by atoms with van der Waals surface area (Å²) in [4.78, 5) is 15.7. The van der Waals surface area contributed by atoms with Crippen LogP contribution in [-0.2, 0) is 0 Å². The number of aromatic nitrogens is 2. The number of amides is 1. The van der Waals surface area contributed by atoms with E-state index in [4.69, 9.17) is 0 Å². The van der Waals surface area contributed by atoms with Crippen LogP contribution in [0.1, 0.15) is 34.7 Å². The first-order valence-corrected chi connectivity index (χ1v) is 9.21. The number of hydrogen-bond donors (Lipinski definition) is 1. The first-order valence-electron chi connectivity index (χ1n) is 8.33. The molecular weight excluding hydrogens is 337 g/mol. The van der Waals surface area contributed by atoms with Gasteiger partial charge in [0, 0.05) is 35.1 Å². The van der Waals surface area contributed by atoms with E-state index in [1.807, 2.05) is 34.7 Å². The number of halogens is 1. The van der Waals surface area contributed by atoms with E-state index in [0.29, 0.717) is 5.92 Å². The highest BCUT2D eigenvalue weighted by Gasteiger charge is 2.25. The predicted octanol–water partition coefficient (Wildman–Crippen LogP) is 4.30. The Bertz CT molecular complexity index is 849. The van der Waals surface area contributed by atoms with Crippen molar-refractivity contribution in [3.63, 3.8) is 0 Å². The molecule has 0 spiro atoms. The molecular formula is C19H18FN3OS. The van der Waals surface area contributed by atoms with Crippen LogP contribution >= 0.6 is 11.3 Å². The minimum Gasteiger partial charge on any atom is -0.339 e. The molecule has 0 atom stereocenters. The van der Waals surface area contributed by atoms with Crippen molar-refractivity contribution in [2.75, 3.05) is 13.1 Å². The second-order valence-electron chi connectivity index (χ2n) is 6.30. The van der Waals surface area contributed by atoms with Gasteiger partial charge < -0.3 is 4.90 Å². The second-order valence-corrected chi connectivity index (χ2v) is 7.22. The molecule has 3 aromatic rings. The number of nitrogens with one attached hydrogen (secondary N) is 1. The van der Waals surface area contributed by atoms with Gasteiger partial charge >= 0.3 is 0 Å². The molecule has 4 rings (SSSR count). The summed E-state index contributed by atoms with van der Waals surface area (Å²) in [5.41, 5.74) is 2.90. The maximum Gasteiger partial charge on any atom is 0.254 e. The molecule has 6 heteroatoms. The maximum atomic E-state index is 13.1. The van der Waals surface area contributed by atoms with Crippen LogP contribution in [0.2, 0.25) is 0 Å². The third kappa shape index (κ3) is 3.35. The molecule has 3 heterocycles. The van der Waals surface area contributed by atoms with E-state index in [-0.39, 0.29) is 11.7 Å². The molecule has 0 aliphatic carbocycles. The molecule has 128 valence electrons. The van der Waals surface area contributed by atoms with Gasteiger partial charge in [-0.15, -0.1) is 11.3 Å². The highest BCUT2D eigenvalue weighted by atomic mass is 32.1. The van der Waals surface area contributed by atoms with Crippen molar-refractivity contribution < 1.29 is 9.18 Å². The Hall–Kier alpha value is -2.47. The highest BCUT2D eigenvalue weighted by Crippen LogP contribution is 2.31. The van der Waals surface area contributed by atoms with Crippen LogP contribution in [-0.4, -0.2) is 34.1 Å². The number of likely N-dealkylation sites (tertiary alicyclic amines) is 1. The Labute approximate surface area is 149 Å². The SMILES string of the molecule is O=C(c1csc(-c2cn[nH]c2)c1)N1CCC(c2ccc(F)cc2)CC1. The summed E-state index contributed by atoms with van der Waals surface area (Å²) >= 11 is 1.56. The van der Waals surface area contributed by atoms with Crippen LogP contribution < -0.4 is 0 Å². The number of aromatic amines is 1. The van der Waals surface area contributed by atoms with Crippen molar-refractivity contribution >= 4 is 17.2 Å². The van der Waals surface area contributed by atoms with Gasteiger partial charge in [-0.05, 0) is 42.5 Å². The number of H-pyrrole nitrogens is 1. The number of nitrogens with zero attached hydrogens (tertiary/aromatic N) is 2. The topological polar surface area (TPSA) is 49.0 Å². The lowest BCUT2D eigenvalue weighted by molar-refractivity contribution is 0.0713. The zero-order chi connectivity index (χ0) is 17.2. The number of piperidine rings is 1. The van der Waals surface area contributed by atoms with Gasteiger partial charge in [0.1, 0.15) is 5.82 Å². The molecule has 1 amide bonds. The van der Waals surface area contributed by atoms with Gasteiger partial charge in [-0.3, -0.25) is 9.89 Å². The number of thiophene rings is 1. The minimum atomic E-state index is -0.206. The van der Waals surface area contributed by atoms with Gasteiger partial charge in [-0.1, -0.05) is 12.1 Å². The summed E-state index contributed by atoms with van der Waals surface area (Å²) in [5.74, 6) is 0.277. The van der Waals surface area contributed by atoms with Crippen molar-refractivity contribution in [3.8, 4) is 10.4 Å². The van der Waals surface area contributed by atoms with Gasteiger partial charge in [-0.2, -0.15) is 5.10 Å². The molecule has 0 unspecified atom stereocenters. The molecule has 1 N–H and O–H groups in total. The molecule has 0 saturated carbocycles. The lowest BCUT2D eigenvalue weighted by Gasteiger charge is -2.32. The third-order valence-electron chi connectivity index (χ3n) is 4.75. The third-order valence-corrected chi connectivity index (χ3v) is 5.73. The monoisotopic (exact) mass is 355 g/mol. The zero-order valence-electron chi connectivity index (χ0n) is 13.6. The molecule has 1 aliphatic heterocycles. The number of benzene rings is 1. The Kier molecular flexibility index (Phi) is 4.36. The summed E-state index contributed by atoms with van der Waals surface area (Å²) in [6.45, 7) is 1.47. The van der Waals surface area contributed by atoms with E-state index < -0.39 is 0 Å². The smallest absolute Gasteiger partial charge is 0.254 e. The quantitative estimate of drug-likeness (QED) is 0.762. The first kappa shape index (κ1) is 16.0. The summed E-state index contributed by atoms with van der Waals surface area (Å²) < 4.78 is 13.1. The van der Waals surface area contributed by atoms with Crippen LogP contribution in [0.25, 0.3) is 10.4 Å². The van der Waals surface area contributed by atoms with E-state index in [1.54, 1.807) is 17.5 Å². The number of rotatable bonds is 3. The fraction of sp³-hybridized carbons (Fsp3) is 0.263. The fourth-order valence-corrected chi connectivity index (χ4v) is 4.18. The number of carbonyl (C=O) groups excluding carboxylic acids is 1. The van der Waals surface area contributed by atoms with Crippen LogP contribution in [0.4, 0.5) is 4.39 Å². The predicted molar refractivity (Wildman–Crippen MR) is 96.2 cm³/mol. The van der Waals surface area contributed by atoms with Gasteiger partial charge in [0.05, 0.1) is 11.8 Å². The molecule has 2 aromatic heterocycles. The Morgan fingerprint density at radius 3 is 2.68 bits per heavy atom. The number of hydrogen-bond acceptors (Lipinski definition) is 3. The fourth-order valence-electron chi connectivity index (χ4n) is 3.32. The molecule has 1 aliphatic rings. The second kappa shape index (κ2) is 6.80. The Balaban J connectivity index is 1.40. The van der Waals surface area contributed by atoms with Crippen LogP contribution in [0, 0.1) is 5.82 Å². The summed E-state index contributed by atoms with van der Waals surface area (Å²) in [7, 11) is 0. The van der Waals surface area contributed by atoms with Crippen molar-refractivity contribution in [2.45, 2.75) is 18.8 Å². The van der Waals surface area contributed by atoms with Gasteiger partial charge in [0.15, 0.2) is 0 Å². The van der Waals surface area contributed by atoms with Crippen molar-refractivity contribution in [2.24, 2.45) is 0 Å². The minimum absolute atomic E-state index is 0.0866. The van der Waals surface area contributed by atoms with E-state index in [9.17, 15) is 9.18 Å². The Morgan fingerprint density at radius 1 is 1.24 bits per heavy atom. The van der Waals surface area contributed by atoms with Crippen LogP contribution in [0.15, 0.2) is 48.1 Å². The normalized spacial score (nSPS) is 15.5. The van der Waals surface area contributed by atoms with E-state index >= 15 is 0 Å². The van der Waals surface area contributed by atoms with E-state index in [2.05, 4.69) is 10.2 Å². The largest absolute Gasteiger partial charge is 0.339 e. The van der Waals surface area contributed by atoms with Crippen LogP contribution in [0.5, 0.6) is 0 Å². The lowest BCUT2D eigenvalue weighted by atomic mass is 9.89. The van der Waals surface area contributed by atoms with Crippen molar-refractivity contribution in [1.29, 1.82) is 0 Å². The molecule has 1 saturated heterocycles. The summed E-state index contributed by atoms with van der Waals surface area (Å²) in [6, 6.07) is 8.66. The molecule has 0 radical (unpaired) electrons. The molecule has 25 heavy (non-hydrogen) atoms. The molecule has 4 nitrogen and oxygen atoms in total. The average Bonchev–Trinajstić information content (AvgIpc) is 3.33. The molecule has 0 bridgehead atoms. The Morgan fingerprint density at radius 2 is 2.00 bits per heavy atom. The van der Waals surface area contributed by atoms with Gasteiger partial charge in [0.2, 0.25) is 0 Å². The first-order chi connectivity index (χ1) is 12.2. The van der Waals surface area contributed by atoms with Gasteiger partial charge in [0.25, 0.3) is 5.91 Å². The molecule has 1 fully saturated rings. The van der Waals surface area contributed by atoms with Crippen LogP contribution in [0.3, 0.4) is 0 Å².